The molecule has 140 valence electrons. The van der Waals surface area contributed by atoms with Gasteiger partial charge in [-0.05, 0) is 49.4 Å². The van der Waals surface area contributed by atoms with Crippen LogP contribution in [0.1, 0.15) is 46.0 Å². The monoisotopic (exact) mass is 350 g/mol. The van der Waals surface area contributed by atoms with E-state index in [4.69, 9.17) is 4.74 Å². The van der Waals surface area contributed by atoms with E-state index in [9.17, 15) is 20.1 Å². The molecule has 0 amide bonds. The number of ether oxygens (including phenoxy) is 1. The minimum absolute atomic E-state index is 0.0280. The van der Waals surface area contributed by atoms with E-state index in [0.29, 0.717) is 18.4 Å². The van der Waals surface area contributed by atoms with Crippen LogP contribution in [0, 0.1) is 22.7 Å². The van der Waals surface area contributed by atoms with E-state index in [2.05, 4.69) is 13.5 Å². The molecule has 0 bridgehead atoms. The molecule has 6 atom stereocenters. The molecule has 3 fully saturated rings. The van der Waals surface area contributed by atoms with Gasteiger partial charge in [0.05, 0.1) is 18.3 Å². The van der Waals surface area contributed by atoms with E-state index in [1.165, 1.54) is 0 Å². The van der Waals surface area contributed by atoms with Crippen LogP contribution in [-0.2, 0) is 9.53 Å². The van der Waals surface area contributed by atoms with Gasteiger partial charge in [-0.1, -0.05) is 32.1 Å². The van der Waals surface area contributed by atoms with E-state index in [0.717, 1.165) is 24.8 Å². The van der Waals surface area contributed by atoms with Gasteiger partial charge in [-0.2, -0.15) is 0 Å². The molecular weight excluding hydrogens is 320 g/mol. The zero-order valence-electron chi connectivity index (χ0n) is 15.2. The fourth-order valence-electron chi connectivity index (χ4n) is 5.56. The van der Waals surface area contributed by atoms with E-state index >= 15 is 0 Å². The van der Waals surface area contributed by atoms with E-state index < -0.39 is 23.6 Å². The van der Waals surface area contributed by atoms with Crippen LogP contribution in [0.4, 0.5) is 0 Å². The quantitative estimate of drug-likeness (QED) is 0.411. The van der Waals surface area contributed by atoms with Gasteiger partial charge in [-0.15, -0.1) is 0 Å². The Balaban J connectivity index is 1.89. The summed E-state index contributed by atoms with van der Waals surface area (Å²) in [5, 5.41) is 30.4. The number of hydrogen-bond acceptors (Lipinski definition) is 5. The molecule has 5 heteroatoms. The number of carbonyl (C=O) groups excluding carboxylic acids is 1. The molecule has 25 heavy (non-hydrogen) atoms. The molecule has 0 radical (unpaired) electrons. The molecule has 1 heterocycles. The first kappa shape index (κ1) is 18.6. The summed E-state index contributed by atoms with van der Waals surface area (Å²) in [6.07, 6.45) is 4.42. The van der Waals surface area contributed by atoms with Crippen molar-refractivity contribution >= 4 is 5.97 Å². The third kappa shape index (κ3) is 2.86. The molecule has 2 saturated carbocycles. The Morgan fingerprint density at radius 2 is 2.04 bits per heavy atom. The molecule has 0 aromatic carbocycles. The third-order valence-electron chi connectivity index (χ3n) is 7.23. The number of hydrogen-bond donors (Lipinski definition) is 3. The summed E-state index contributed by atoms with van der Waals surface area (Å²) in [6, 6.07) is 0. The number of allylic oxidation sites excluding steroid dienone is 2. The van der Waals surface area contributed by atoms with Crippen molar-refractivity contribution in [1.82, 2.24) is 0 Å². The highest BCUT2D eigenvalue weighted by molar-refractivity contribution is 5.91. The predicted octanol–water partition coefficient (Wildman–Crippen LogP) is 1.96. The molecule has 3 rings (SSSR count). The van der Waals surface area contributed by atoms with Crippen LogP contribution in [0.15, 0.2) is 23.8 Å². The highest BCUT2D eigenvalue weighted by Crippen LogP contribution is 2.61. The summed E-state index contributed by atoms with van der Waals surface area (Å²) in [4.78, 5) is 11.8. The summed E-state index contributed by atoms with van der Waals surface area (Å²) in [7, 11) is 0. The third-order valence-corrected chi connectivity index (χ3v) is 7.23. The molecule has 3 N–H and O–H groups in total. The van der Waals surface area contributed by atoms with Crippen molar-refractivity contribution in [1.29, 1.82) is 0 Å². The largest absolute Gasteiger partial charge is 0.459 e. The first-order chi connectivity index (χ1) is 11.7. The summed E-state index contributed by atoms with van der Waals surface area (Å²) in [5.74, 6) is -0.0734. The van der Waals surface area contributed by atoms with Gasteiger partial charge in [0.25, 0.3) is 0 Å². The summed E-state index contributed by atoms with van der Waals surface area (Å²) in [5.41, 5.74) is 0.911. The predicted molar refractivity (Wildman–Crippen MR) is 93.6 cm³/mol. The van der Waals surface area contributed by atoms with Gasteiger partial charge in [0.1, 0.15) is 12.7 Å². The second-order valence-electron chi connectivity index (χ2n) is 8.54. The Morgan fingerprint density at radius 3 is 2.64 bits per heavy atom. The zero-order valence-corrected chi connectivity index (χ0v) is 15.2. The number of fused-ring (bicyclic) bond motifs is 1. The van der Waals surface area contributed by atoms with Crippen LogP contribution in [0.25, 0.3) is 0 Å². The molecule has 0 spiro atoms. The van der Waals surface area contributed by atoms with Gasteiger partial charge in [-0.25, -0.2) is 4.79 Å². The molecule has 5 nitrogen and oxygen atoms in total. The zero-order chi connectivity index (χ0) is 18.4. The number of aliphatic hydroxyl groups excluding tert-OH is 3. The van der Waals surface area contributed by atoms with Crippen molar-refractivity contribution in [2.75, 3.05) is 13.2 Å². The lowest BCUT2D eigenvalue weighted by Gasteiger charge is -2.59. The van der Waals surface area contributed by atoms with E-state index in [1.807, 2.05) is 13.0 Å². The van der Waals surface area contributed by atoms with Crippen LogP contribution in [0.2, 0.25) is 0 Å². The average Bonchev–Trinajstić information content (AvgIpc) is 2.89. The number of rotatable bonds is 3. The molecule has 1 saturated heterocycles. The standard InChI is InChI=1S/C20H30O5/c1-12-4-7-16-19(2,9-8-17(23)20(16,3)11-21)14(12)6-5-13-15(22)10-25-18(13)24/h5,14-17,21-23H,1,4,6-11H2,2-3H3/b13-5-/t14-,15+,16-,17+,19+,20-/m0/s1. The van der Waals surface area contributed by atoms with Crippen molar-refractivity contribution in [2.45, 2.75) is 58.2 Å². The highest BCUT2D eigenvalue weighted by atomic mass is 16.6. The maximum absolute atomic E-state index is 11.8. The van der Waals surface area contributed by atoms with Crippen molar-refractivity contribution in [3.8, 4) is 0 Å². The number of aliphatic hydroxyl groups is 3. The maximum atomic E-state index is 11.8. The molecule has 3 aliphatic rings. The fourth-order valence-corrected chi connectivity index (χ4v) is 5.56. The summed E-state index contributed by atoms with van der Waals surface area (Å²) in [6.45, 7) is 8.50. The molecular formula is C20H30O5. The summed E-state index contributed by atoms with van der Waals surface area (Å²) >= 11 is 0. The van der Waals surface area contributed by atoms with Crippen LogP contribution >= 0.6 is 0 Å². The summed E-state index contributed by atoms with van der Waals surface area (Å²) < 4.78 is 4.90. The van der Waals surface area contributed by atoms with E-state index in [1.54, 1.807) is 0 Å². The molecule has 0 aromatic heterocycles. The Bertz CT molecular complexity index is 597. The smallest absolute Gasteiger partial charge is 0.336 e. The molecule has 2 aliphatic carbocycles. The highest BCUT2D eigenvalue weighted by Gasteiger charge is 2.57. The second kappa shape index (κ2) is 6.53. The van der Waals surface area contributed by atoms with Gasteiger partial charge >= 0.3 is 5.97 Å². The molecule has 0 aromatic rings. The van der Waals surface area contributed by atoms with E-state index in [-0.39, 0.29) is 30.5 Å². The van der Waals surface area contributed by atoms with Gasteiger partial charge in [0.15, 0.2) is 0 Å². The lowest BCUT2D eigenvalue weighted by molar-refractivity contribution is -0.151. The SMILES string of the molecule is C=C1CC[C@@H]2[C@](C)(CO)[C@H](O)CC[C@]2(C)[C@H]1C/C=C1\C(=O)OC[C@H]1O. The number of carbonyl (C=O) groups is 1. The van der Waals surface area contributed by atoms with Gasteiger partial charge in [0, 0.05) is 5.41 Å². The van der Waals surface area contributed by atoms with Gasteiger partial charge in [-0.3, -0.25) is 0 Å². The first-order valence-corrected chi connectivity index (χ1v) is 9.26. The van der Waals surface area contributed by atoms with Crippen LogP contribution in [0.5, 0.6) is 0 Å². The molecule has 1 aliphatic heterocycles. The van der Waals surface area contributed by atoms with Crippen LogP contribution in [0.3, 0.4) is 0 Å². The van der Waals surface area contributed by atoms with Crippen LogP contribution in [-0.4, -0.2) is 46.7 Å². The lowest BCUT2D eigenvalue weighted by atomic mass is 9.46. The number of cyclic esters (lactones) is 1. The fraction of sp³-hybridized carbons (Fsp3) is 0.750. The van der Waals surface area contributed by atoms with Crippen molar-refractivity contribution < 1.29 is 24.9 Å². The number of esters is 1. The topological polar surface area (TPSA) is 87.0 Å². The molecule has 0 unspecified atom stereocenters. The maximum Gasteiger partial charge on any atom is 0.336 e. The van der Waals surface area contributed by atoms with Crippen molar-refractivity contribution in [3.63, 3.8) is 0 Å². The van der Waals surface area contributed by atoms with Crippen molar-refractivity contribution in [3.05, 3.63) is 23.8 Å². The Morgan fingerprint density at radius 1 is 1.32 bits per heavy atom. The minimum Gasteiger partial charge on any atom is -0.459 e. The second-order valence-corrected chi connectivity index (χ2v) is 8.54. The average molecular weight is 350 g/mol. The van der Waals surface area contributed by atoms with Crippen molar-refractivity contribution in [2.24, 2.45) is 22.7 Å². The van der Waals surface area contributed by atoms with Gasteiger partial charge in [0.2, 0.25) is 0 Å². The Hall–Kier alpha value is -1.17. The normalized spacial score (nSPS) is 46.2. The lowest BCUT2D eigenvalue weighted by Crippen LogP contribution is -2.57. The van der Waals surface area contributed by atoms with Gasteiger partial charge < -0.3 is 20.1 Å². The first-order valence-electron chi connectivity index (χ1n) is 9.26. The minimum atomic E-state index is -0.844. The Labute approximate surface area is 149 Å². The Kier molecular flexibility index (Phi) is 4.86. The van der Waals surface area contributed by atoms with Crippen LogP contribution < -0.4 is 0 Å².